The van der Waals surface area contributed by atoms with Crippen molar-refractivity contribution in [2.75, 3.05) is 0 Å². The van der Waals surface area contributed by atoms with Gasteiger partial charge in [0.05, 0.1) is 22.1 Å². The van der Waals surface area contributed by atoms with Crippen LogP contribution in [-0.2, 0) is 5.41 Å². The molecule has 3 heterocycles. The van der Waals surface area contributed by atoms with E-state index in [-0.39, 0.29) is 0 Å². The molecule has 9 aromatic carbocycles. The summed E-state index contributed by atoms with van der Waals surface area (Å²) in [6, 6.07) is 78.4. The monoisotopic (exact) mass is 788 g/mol. The summed E-state index contributed by atoms with van der Waals surface area (Å²) in [7, 11) is 0. The first-order valence-electron chi connectivity index (χ1n) is 21.2. The van der Waals surface area contributed by atoms with Crippen molar-refractivity contribution in [3.8, 4) is 73.2 Å². The van der Waals surface area contributed by atoms with Gasteiger partial charge in [0.2, 0.25) is 0 Å². The lowest BCUT2D eigenvalue weighted by molar-refractivity contribution is 0.749. The molecule has 62 heavy (non-hydrogen) atoms. The summed E-state index contributed by atoms with van der Waals surface area (Å²) in [5, 5.41) is 2.50. The van der Waals surface area contributed by atoms with Gasteiger partial charge in [0.1, 0.15) is 0 Å². The van der Waals surface area contributed by atoms with E-state index < -0.39 is 5.41 Å². The number of hydrogen-bond acceptors (Lipinski definition) is 3. The molecule has 0 bridgehead atoms. The molecule has 11 aromatic rings. The molecular formula is C58H36N4. The number of aromatic nitrogens is 4. The van der Waals surface area contributed by atoms with Crippen molar-refractivity contribution in [3.05, 3.63) is 241 Å². The Hall–Kier alpha value is -8.21. The van der Waals surface area contributed by atoms with Gasteiger partial charge in [-0.15, -0.1) is 0 Å². The third kappa shape index (κ3) is 4.92. The van der Waals surface area contributed by atoms with E-state index in [0.29, 0.717) is 17.5 Å². The zero-order valence-electron chi connectivity index (χ0n) is 33.6. The molecule has 0 radical (unpaired) electrons. The Morgan fingerprint density at radius 1 is 0.306 bits per heavy atom. The smallest absolute Gasteiger partial charge is 0.164 e. The summed E-state index contributed by atoms with van der Waals surface area (Å²) in [5.74, 6) is 1.90. The highest BCUT2D eigenvalue weighted by atomic mass is 15.0. The van der Waals surface area contributed by atoms with Gasteiger partial charge in [0, 0.05) is 27.5 Å². The molecule has 1 atom stereocenters. The third-order valence-corrected chi connectivity index (χ3v) is 13.1. The van der Waals surface area contributed by atoms with Crippen molar-refractivity contribution >= 4 is 21.8 Å². The van der Waals surface area contributed by atoms with Crippen molar-refractivity contribution in [1.29, 1.82) is 0 Å². The molecule has 0 fully saturated rings. The van der Waals surface area contributed by atoms with Gasteiger partial charge in [-0.1, -0.05) is 206 Å². The van der Waals surface area contributed by atoms with Crippen molar-refractivity contribution in [3.63, 3.8) is 0 Å². The lowest BCUT2D eigenvalue weighted by Crippen LogP contribution is -2.34. The van der Waals surface area contributed by atoms with Crippen LogP contribution in [0.25, 0.3) is 95.0 Å². The van der Waals surface area contributed by atoms with Crippen molar-refractivity contribution in [1.82, 2.24) is 19.5 Å². The van der Waals surface area contributed by atoms with E-state index in [1.807, 2.05) is 12.1 Å². The lowest BCUT2D eigenvalue weighted by Gasteiger charge is -2.40. The van der Waals surface area contributed by atoms with Crippen LogP contribution in [0.3, 0.4) is 0 Å². The molecule has 1 aliphatic heterocycles. The Kier molecular flexibility index (Phi) is 7.49. The Balaban J connectivity index is 1.09. The molecule has 0 N–H and O–H groups in total. The van der Waals surface area contributed by atoms with E-state index in [2.05, 4.69) is 211 Å². The van der Waals surface area contributed by atoms with Crippen molar-refractivity contribution < 1.29 is 0 Å². The molecule has 1 spiro atoms. The minimum absolute atomic E-state index is 0.630. The molecule has 0 saturated carbocycles. The quantitative estimate of drug-likeness (QED) is 0.174. The first-order chi connectivity index (χ1) is 30.8. The number of fused-ring (bicyclic) bond motifs is 12. The molecule has 13 rings (SSSR count). The van der Waals surface area contributed by atoms with Gasteiger partial charge in [-0.3, -0.25) is 0 Å². The van der Waals surface area contributed by atoms with Gasteiger partial charge in [0.25, 0.3) is 0 Å². The van der Waals surface area contributed by atoms with E-state index in [1.165, 1.54) is 72.0 Å². The zero-order chi connectivity index (χ0) is 40.8. The van der Waals surface area contributed by atoms with Crippen LogP contribution in [0.1, 0.15) is 22.3 Å². The Morgan fingerprint density at radius 2 is 0.774 bits per heavy atom. The SMILES string of the molecule is c1ccc(-c2ccc(-c3nc(-c4ccc(-c5ccccc5)cc4)nc(-c4cccc5c4C4(c6ccccc6-5)c5ccccc5-n5c6ccccc6c6cccc4c65)n3)cc2)cc1. The van der Waals surface area contributed by atoms with E-state index in [1.54, 1.807) is 0 Å². The largest absolute Gasteiger partial charge is 0.309 e. The van der Waals surface area contributed by atoms with Gasteiger partial charge >= 0.3 is 0 Å². The highest BCUT2D eigenvalue weighted by Crippen LogP contribution is 2.62. The second-order valence-corrected chi connectivity index (χ2v) is 16.3. The predicted molar refractivity (Wildman–Crippen MR) is 252 cm³/mol. The minimum Gasteiger partial charge on any atom is -0.309 e. The van der Waals surface area contributed by atoms with Crippen LogP contribution in [0.2, 0.25) is 0 Å². The molecule has 288 valence electrons. The number of benzene rings is 9. The maximum absolute atomic E-state index is 5.44. The molecule has 1 unspecified atom stereocenters. The van der Waals surface area contributed by atoms with Crippen LogP contribution < -0.4 is 0 Å². The summed E-state index contributed by atoms with van der Waals surface area (Å²) < 4.78 is 2.49. The van der Waals surface area contributed by atoms with Crippen LogP contribution in [0.15, 0.2) is 218 Å². The second kappa shape index (κ2) is 13.4. The third-order valence-electron chi connectivity index (χ3n) is 13.1. The molecule has 1 aliphatic carbocycles. The second-order valence-electron chi connectivity index (χ2n) is 16.3. The summed E-state index contributed by atoms with van der Waals surface area (Å²) in [6.07, 6.45) is 0. The van der Waals surface area contributed by atoms with E-state index in [0.717, 1.165) is 27.8 Å². The number of rotatable bonds is 5. The van der Waals surface area contributed by atoms with Gasteiger partial charge in [-0.25, -0.2) is 15.0 Å². The Labute approximate surface area is 359 Å². The summed E-state index contributed by atoms with van der Waals surface area (Å²) in [5.41, 5.74) is 17.8. The predicted octanol–water partition coefficient (Wildman–Crippen LogP) is 14.0. The molecule has 2 aliphatic rings. The van der Waals surface area contributed by atoms with Crippen molar-refractivity contribution in [2.45, 2.75) is 5.41 Å². The van der Waals surface area contributed by atoms with E-state index >= 15 is 0 Å². The van der Waals surface area contributed by atoms with Gasteiger partial charge < -0.3 is 4.57 Å². The van der Waals surface area contributed by atoms with Gasteiger partial charge in [-0.2, -0.15) is 0 Å². The average Bonchev–Trinajstić information content (AvgIpc) is 3.85. The van der Waals surface area contributed by atoms with Gasteiger partial charge in [0.15, 0.2) is 17.5 Å². The highest BCUT2D eigenvalue weighted by molar-refractivity contribution is 6.13. The maximum atomic E-state index is 5.44. The minimum atomic E-state index is -0.662. The molecular weight excluding hydrogens is 753 g/mol. The number of hydrogen-bond donors (Lipinski definition) is 0. The normalized spacial score (nSPS) is 14.5. The lowest BCUT2D eigenvalue weighted by atomic mass is 9.64. The first kappa shape index (κ1) is 34.6. The summed E-state index contributed by atoms with van der Waals surface area (Å²) >= 11 is 0. The van der Waals surface area contributed by atoms with Crippen LogP contribution in [0.5, 0.6) is 0 Å². The Morgan fingerprint density at radius 3 is 1.47 bits per heavy atom. The van der Waals surface area contributed by atoms with E-state index in [9.17, 15) is 0 Å². The van der Waals surface area contributed by atoms with Gasteiger partial charge in [-0.05, 0) is 67.8 Å². The highest BCUT2D eigenvalue weighted by Gasteiger charge is 2.52. The standard InChI is InChI=1S/C58H36N4/c1-3-15-37(16-4-1)39-29-33-41(34-30-39)55-59-56(42-35-31-40(32-36-42)38-17-5-2-6-18-38)61-57(60-55)47-23-13-21-45-43-19-7-9-24-48(43)58(53(45)47)49-25-10-12-28-52(49)62-51-27-11-8-20-44(51)46-22-14-26-50(58)54(46)62/h1-36H. The molecule has 4 heteroatoms. The maximum Gasteiger partial charge on any atom is 0.164 e. The van der Waals surface area contributed by atoms with Crippen LogP contribution in [0.4, 0.5) is 0 Å². The van der Waals surface area contributed by atoms with Crippen molar-refractivity contribution in [2.24, 2.45) is 0 Å². The summed E-state index contributed by atoms with van der Waals surface area (Å²) in [4.78, 5) is 16.1. The zero-order valence-corrected chi connectivity index (χ0v) is 33.6. The van der Waals surface area contributed by atoms with Crippen LogP contribution in [0, 0.1) is 0 Å². The fourth-order valence-electron chi connectivity index (χ4n) is 10.4. The van der Waals surface area contributed by atoms with Crippen LogP contribution >= 0.6 is 0 Å². The molecule has 2 aromatic heterocycles. The number of nitrogens with zero attached hydrogens (tertiary/aromatic N) is 4. The fourth-order valence-corrected chi connectivity index (χ4v) is 10.4. The van der Waals surface area contributed by atoms with Crippen LogP contribution in [-0.4, -0.2) is 19.5 Å². The average molecular weight is 789 g/mol. The molecule has 0 amide bonds. The molecule has 0 saturated heterocycles. The summed E-state index contributed by atoms with van der Waals surface area (Å²) in [6.45, 7) is 0. The first-order valence-corrected chi connectivity index (χ1v) is 21.2. The topological polar surface area (TPSA) is 43.6 Å². The number of para-hydroxylation sites is 3. The fraction of sp³-hybridized carbons (Fsp3) is 0.0172. The molecule has 4 nitrogen and oxygen atoms in total. The van der Waals surface area contributed by atoms with E-state index in [4.69, 9.17) is 15.0 Å². The Bertz CT molecular complexity index is 3450.